The first kappa shape index (κ1) is 16.3. The number of carbonyl (C=O) groups is 1. The molecule has 0 radical (unpaired) electrons. The normalized spacial score (nSPS) is 16.2. The largest absolute Gasteiger partial charge is 0.506 e. The second-order valence-electron chi connectivity index (χ2n) is 5.95. The van der Waals surface area contributed by atoms with Gasteiger partial charge in [0.25, 0.3) is 5.91 Å². The Kier molecular flexibility index (Phi) is 3.41. The molecule has 0 saturated carbocycles. The Hall–Kier alpha value is -3.14. The summed E-state index contributed by atoms with van der Waals surface area (Å²) in [6.07, 6.45) is 1.63. The lowest BCUT2D eigenvalue weighted by atomic mass is 10.0. The number of rotatable bonds is 2. The van der Waals surface area contributed by atoms with Gasteiger partial charge in [-0.1, -0.05) is 12.1 Å². The van der Waals surface area contributed by atoms with Crippen LogP contribution in [-0.2, 0) is 15.0 Å². The summed E-state index contributed by atoms with van der Waals surface area (Å²) >= 11 is 0. The molecule has 1 aromatic heterocycles. The number of aromatic nitrogens is 2. The van der Waals surface area contributed by atoms with Crippen LogP contribution in [0, 0.1) is 12.7 Å². The molecule has 10 heteroatoms. The number of anilines is 1. The average molecular weight is 376 g/mol. The lowest BCUT2D eigenvalue weighted by Gasteiger charge is -2.18. The van der Waals surface area contributed by atoms with Gasteiger partial charge in [0.2, 0.25) is 0 Å². The SMILES string of the molecule is Cc1cnc(-c2ccc3cc(O)c(N4CC(=O)NS4(=O)=O)c(F)c3c2)[nH]1. The van der Waals surface area contributed by atoms with Crippen molar-refractivity contribution in [2.24, 2.45) is 0 Å². The first-order valence-corrected chi connectivity index (χ1v) is 9.01. The molecule has 1 aliphatic rings. The van der Waals surface area contributed by atoms with Crippen molar-refractivity contribution >= 4 is 32.6 Å². The van der Waals surface area contributed by atoms with Gasteiger partial charge in [-0.25, -0.2) is 18.4 Å². The molecule has 1 amide bonds. The van der Waals surface area contributed by atoms with Crippen LogP contribution in [0.25, 0.3) is 22.2 Å². The number of benzene rings is 2. The van der Waals surface area contributed by atoms with Crippen LogP contribution >= 0.6 is 0 Å². The molecule has 134 valence electrons. The van der Waals surface area contributed by atoms with Gasteiger partial charge in [0.05, 0.1) is 0 Å². The zero-order valence-electron chi connectivity index (χ0n) is 13.4. The van der Waals surface area contributed by atoms with E-state index in [0.29, 0.717) is 21.1 Å². The number of fused-ring (bicyclic) bond motifs is 1. The quantitative estimate of drug-likeness (QED) is 0.628. The first-order chi connectivity index (χ1) is 12.3. The number of carbonyl (C=O) groups excluding carboxylic acids is 1. The second-order valence-corrected chi connectivity index (χ2v) is 7.54. The van der Waals surface area contributed by atoms with Crippen LogP contribution in [-0.4, -0.2) is 35.9 Å². The Morgan fingerprint density at radius 3 is 2.69 bits per heavy atom. The van der Waals surface area contributed by atoms with E-state index < -0.39 is 39.9 Å². The molecule has 0 spiro atoms. The number of halogens is 1. The van der Waals surface area contributed by atoms with Gasteiger partial charge in [-0.3, -0.25) is 4.79 Å². The molecule has 3 aromatic rings. The summed E-state index contributed by atoms with van der Waals surface area (Å²) in [5.41, 5.74) is 0.864. The van der Waals surface area contributed by atoms with Crippen molar-refractivity contribution in [2.45, 2.75) is 6.92 Å². The molecule has 3 N–H and O–H groups in total. The Bertz CT molecular complexity index is 1170. The molecule has 26 heavy (non-hydrogen) atoms. The third-order valence-electron chi connectivity index (χ3n) is 4.08. The van der Waals surface area contributed by atoms with Crippen LogP contribution in [0.2, 0.25) is 0 Å². The van der Waals surface area contributed by atoms with E-state index >= 15 is 4.39 Å². The molecular weight excluding hydrogens is 363 g/mol. The first-order valence-electron chi connectivity index (χ1n) is 7.57. The molecular formula is C16H13FN4O4S. The number of amides is 1. The highest BCUT2D eigenvalue weighted by atomic mass is 32.2. The van der Waals surface area contributed by atoms with Gasteiger partial charge in [0.15, 0.2) is 5.82 Å². The Labute approximate surface area is 147 Å². The molecule has 0 bridgehead atoms. The van der Waals surface area contributed by atoms with Gasteiger partial charge in [0.1, 0.15) is 23.8 Å². The summed E-state index contributed by atoms with van der Waals surface area (Å²) < 4.78 is 41.4. The van der Waals surface area contributed by atoms with Gasteiger partial charge in [-0.2, -0.15) is 8.42 Å². The Morgan fingerprint density at radius 2 is 2.08 bits per heavy atom. The zero-order valence-corrected chi connectivity index (χ0v) is 14.3. The van der Waals surface area contributed by atoms with E-state index in [0.717, 1.165) is 5.69 Å². The predicted molar refractivity (Wildman–Crippen MR) is 92.3 cm³/mol. The molecule has 2 heterocycles. The highest BCUT2D eigenvalue weighted by Crippen LogP contribution is 2.39. The minimum Gasteiger partial charge on any atom is -0.506 e. The van der Waals surface area contributed by atoms with Crippen LogP contribution in [0.1, 0.15) is 5.69 Å². The van der Waals surface area contributed by atoms with Gasteiger partial charge >= 0.3 is 10.2 Å². The Balaban J connectivity index is 1.93. The van der Waals surface area contributed by atoms with Crippen LogP contribution in [0.5, 0.6) is 5.75 Å². The van der Waals surface area contributed by atoms with Crippen LogP contribution < -0.4 is 9.03 Å². The topological polar surface area (TPSA) is 115 Å². The third-order valence-corrected chi connectivity index (χ3v) is 5.46. The smallest absolute Gasteiger partial charge is 0.326 e. The van der Waals surface area contributed by atoms with Crippen molar-refractivity contribution in [2.75, 3.05) is 10.8 Å². The standard InChI is InChI=1S/C16H13FN4O4S/c1-8-6-18-16(19-8)10-3-2-9-5-12(22)15(14(17)11(9)4-10)21-7-13(23)20-26(21,24)25/h2-6,22H,7H2,1H3,(H,18,19)(H,20,23). The van der Waals surface area contributed by atoms with E-state index in [1.165, 1.54) is 12.1 Å². The van der Waals surface area contributed by atoms with Crippen molar-refractivity contribution in [3.05, 3.63) is 42.0 Å². The van der Waals surface area contributed by atoms with Crippen LogP contribution in [0.3, 0.4) is 0 Å². The maximum Gasteiger partial charge on any atom is 0.326 e. The summed E-state index contributed by atoms with van der Waals surface area (Å²) in [6.45, 7) is 1.23. The molecule has 8 nitrogen and oxygen atoms in total. The number of imidazole rings is 1. The fraction of sp³-hybridized carbons (Fsp3) is 0.125. The third kappa shape index (κ3) is 2.46. The second kappa shape index (κ2) is 5.43. The lowest BCUT2D eigenvalue weighted by molar-refractivity contribution is -0.117. The van der Waals surface area contributed by atoms with E-state index in [2.05, 4.69) is 9.97 Å². The van der Waals surface area contributed by atoms with Crippen LogP contribution in [0.4, 0.5) is 10.1 Å². The predicted octanol–water partition coefficient (Wildman–Crippen LogP) is 1.56. The number of nitrogens with zero attached hydrogens (tertiary/aromatic N) is 2. The maximum atomic E-state index is 15.1. The lowest BCUT2D eigenvalue weighted by Crippen LogP contribution is -2.30. The van der Waals surface area contributed by atoms with E-state index in [1.54, 1.807) is 23.1 Å². The summed E-state index contributed by atoms with van der Waals surface area (Å²) in [6, 6.07) is 6.06. The van der Waals surface area contributed by atoms with Crippen molar-refractivity contribution in [1.82, 2.24) is 14.7 Å². The van der Waals surface area contributed by atoms with Gasteiger partial charge < -0.3 is 10.1 Å². The van der Waals surface area contributed by atoms with Gasteiger partial charge in [0, 0.05) is 22.8 Å². The van der Waals surface area contributed by atoms with Gasteiger partial charge in [-0.15, -0.1) is 0 Å². The molecule has 4 rings (SSSR count). The summed E-state index contributed by atoms with van der Waals surface area (Å²) in [4.78, 5) is 18.6. The number of aromatic hydroxyl groups is 1. The number of H-pyrrole nitrogens is 1. The molecule has 1 aliphatic heterocycles. The molecule has 0 atom stereocenters. The highest BCUT2D eigenvalue weighted by Gasteiger charge is 2.37. The van der Waals surface area contributed by atoms with E-state index in [4.69, 9.17) is 0 Å². The van der Waals surface area contributed by atoms with E-state index in [-0.39, 0.29) is 5.39 Å². The fourth-order valence-corrected chi connectivity index (χ4v) is 4.08. The minimum atomic E-state index is -4.25. The molecule has 1 fully saturated rings. The fourth-order valence-electron chi connectivity index (χ4n) is 2.92. The van der Waals surface area contributed by atoms with Gasteiger partial charge in [-0.05, 0) is 24.4 Å². The van der Waals surface area contributed by atoms with E-state index in [1.807, 2.05) is 6.92 Å². The number of hydrogen-bond acceptors (Lipinski definition) is 5. The number of aryl methyl sites for hydroxylation is 1. The molecule has 0 unspecified atom stereocenters. The molecule has 0 aliphatic carbocycles. The number of aromatic amines is 1. The van der Waals surface area contributed by atoms with Crippen molar-refractivity contribution < 1.29 is 22.7 Å². The average Bonchev–Trinajstić information content (AvgIpc) is 3.10. The zero-order chi connectivity index (χ0) is 18.6. The molecule has 1 saturated heterocycles. The number of nitrogens with one attached hydrogen (secondary N) is 2. The van der Waals surface area contributed by atoms with E-state index in [9.17, 15) is 18.3 Å². The number of phenols is 1. The minimum absolute atomic E-state index is 0.0962. The summed E-state index contributed by atoms with van der Waals surface area (Å²) in [5.74, 6) is -1.78. The number of hydrogen-bond donors (Lipinski definition) is 3. The number of phenolic OH excluding ortho intramolecular Hbond substituents is 1. The molecule has 2 aromatic carbocycles. The monoisotopic (exact) mass is 376 g/mol. The summed E-state index contributed by atoms with van der Waals surface area (Å²) in [7, 11) is -4.25. The Morgan fingerprint density at radius 1 is 1.31 bits per heavy atom. The van der Waals surface area contributed by atoms with Crippen molar-refractivity contribution in [1.29, 1.82) is 0 Å². The van der Waals surface area contributed by atoms with Crippen molar-refractivity contribution in [3.63, 3.8) is 0 Å². The maximum absolute atomic E-state index is 15.1. The van der Waals surface area contributed by atoms with Crippen LogP contribution in [0.15, 0.2) is 30.5 Å². The highest BCUT2D eigenvalue weighted by molar-refractivity contribution is 7.92. The summed E-state index contributed by atoms with van der Waals surface area (Å²) in [5, 5.41) is 10.6. The van der Waals surface area contributed by atoms with Crippen molar-refractivity contribution in [3.8, 4) is 17.1 Å².